The molecule has 5 nitrogen and oxygen atoms in total. The molecule has 0 aliphatic heterocycles. The van der Waals surface area contributed by atoms with Crippen LogP contribution in [0, 0.1) is 17.8 Å². The van der Waals surface area contributed by atoms with Crippen LogP contribution in [-0.4, -0.2) is 24.5 Å². The van der Waals surface area contributed by atoms with Crippen LogP contribution in [0.2, 0.25) is 0 Å². The molecule has 0 N–H and O–H groups in total. The average Bonchev–Trinajstić information content (AvgIpc) is 2.82. The number of ketones is 1. The van der Waals surface area contributed by atoms with E-state index >= 15 is 0 Å². The molecule has 1 atom stereocenters. The van der Waals surface area contributed by atoms with E-state index in [1.54, 1.807) is 34.6 Å². The first-order chi connectivity index (χ1) is 16.9. The van der Waals surface area contributed by atoms with Crippen LogP contribution in [0.4, 0.5) is 0 Å². The molecule has 3 rings (SSSR count). The van der Waals surface area contributed by atoms with Crippen molar-refractivity contribution >= 4 is 28.5 Å². The van der Waals surface area contributed by atoms with Gasteiger partial charge in [0.15, 0.2) is 5.78 Å². The summed E-state index contributed by atoms with van der Waals surface area (Å²) in [6, 6.07) is 21.8. The number of ether oxygens (including phenoxy) is 2. The predicted octanol–water partition coefficient (Wildman–Crippen LogP) is 7.01. The normalized spacial score (nSPS) is 12.7. The van der Waals surface area contributed by atoms with Crippen LogP contribution in [0.3, 0.4) is 0 Å². The van der Waals surface area contributed by atoms with Crippen molar-refractivity contribution < 1.29 is 23.9 Å². The molecule has 0 fully saturated rings. The molecular formula is C31H36O5. The lowest BCUT2D eigenvalue weighted by molar-refractivity contribution is -0.178. The van der Waals surface area contributed by atoms with Crippen LogP contribution in [0.15, 0.2) is 66.7 Å². The summed E-state index contributed by atoms with van der Waals surface area (Å²) in [4.78, 5) is 38.2. The average molecular weight is 489 g/mol. The van der Waals surface area contributed by atoms with Gasteiger partial charge in [-0.2, -0.15) is 0 Å². The standard InChI is InChI=1S/C31H36O5/c1-21-11-13-23(14-12-21)27(32)18-26(25-16-15-22-9-7-8-10-24(22)17-25)19-31(5,6)29(34)36-20-35-28(33)30(2,3)4/h7-17,26H,18-20H2,1-6H3. The van der Waals surface area contributed by atoms with Crippen LogP contribution in [-0.2, 0) is 19.1 Å². The second kappa shape index (κ2) is 11.1. The van der Waals surface area contributed by atoms with Gasteiger partial charge in [0.05, 0.1) is 10.8 Å². The molecule has 190 valence electrons. The van der Waals surface area contributed by atoms with Crippen molar-refractivity contribution in [2.45, 2.75) is 60.3 Å². The van der Waals surface area contributed by atoms with Crippen LogP contribution in [0.1, 0.15) is 74.9 Å². The molecule has 0 aliphatic rings. The van der Waals surface area contributed by atoms with Gasteiger partial charge in [-0.05, 0) is 70.2 Å². The summed E-state index contributed by atoms with van der Waals surface area (Å²) in [6.45, 7) is 10.4. The lowest BCUT2D eigenvalue weighted by Gasteiger charge is -2.28. The number of hydrogen-bond acceptors (Lipinski definition) is 5. The lowest BCUT2D eigenvalue weighted by atomic mass is 9.77. The zero-order valence-corrected chi connectivity index (χ0v) is 22.1. The summed E-state index contributed by atoms with van der Waals surface area (Å²) in [5, 5.41) is 2.20. The van der Waals surface area contributed by atoms with Gasteiger partial charge in [-0.3, -0.25) is 14.4 Å². The van der Waals surface area contributed by atoms with E-state index in [-0.39, 0.29) is 18.1 Å². The fourth-order valence-electron chi connectivity index (χ4n) is 4.10. The van der Waals surface area contributed by atoms with Crippen molar-refractivity contribution in [3.05, 3.63) is 83.4 Å². The summed E-state index contributed by atoms with van der Waals surface area (Å²) in [5.74, 6) is -1.09. The van der Waals surface area contributed by atoms with E-state index < -0.39 is 29.6 Å². The van der Waals surface area contributed by atoms with Gasteiger partial charge < -0.3 is 9.47 Å². The number of esters is 2. The minimum atomic E-state index is -0.905. The summed E-state index contributed by atoms with van der Waals surface area (Å²) in [6.07, 6.45) is 0.659. The number of aryl methyl sites for hydroxylation is 1. The van der Waals surface area contributed by atoms with E-state index in [1.165, 1.54) is 0 Å². The summed E-state index contributed by atoms with van der Waals surface area (Å²) in [7, 11) is 0. The Kier molecular flexibility index (Phi) is 8.34. The maximum absolute atomic E-state index is 13.2. The maximum atomic E-state index is 13.2. The molecular weight excluding hydrogens is 452 g/mol. The van der Waals surface area contributed by atoms with E-state index in [4.69, 9.17) is 9.47 Å². The number of carbonyl (C=O) groups is 3. The Hall–Kier alpha value is -3.47. The van der Waals surface area contributed by atoms with Crippen molar-refractivity contribution in [1.82, 2.24) is 0 Å². The Morgan fingerprint density at radius 3 is 2.03 bits per heavy atom. The highest BCUT2D eigenvalue weighted by Crippen LogP contribution is 2.37. The third-order valence-electron chi connectivity index (χ3n) is 6.35. The van der Waals surface area contributed by atoms with Gasteiger partial charge in [0.2, 0.25) is 6.79 Å². The van der Waals surface area contributed by atoms with Gasteiger partial charge in [0, 0.05) is 12.0 Å². The predicted molar refractivity (Wildman–Crippen MR) is 142 cm³/mol. The first-order valence-corrected chi connectivity index (χ1v) is 12.3. The molecule has 36 heavy (non-hydrogen) atoms. The fourth-order valence-corrected chi connectivity index (χ4v) is 4.10. The lowest BCUT2D eigenvalue weighted by Crippen LogP contribution is -2.31. The Bertz CT molecular complexity index is 1230. The topological polar surface area (TPSA) is 69.7 Å². The zero-order chi connectivity index (χ0) is 26.5. The zero-order valence-electron chi connectivity index (χ0n) is 22.1. The Morgan fingerprint density at radius 1 is 0.778 bits per heavy atom. The highest BCUT2D eigenvalue weighted by molar-refractivity contribution is 5.96. The molecule has 0 bridgehead atoms. The van der Waals surface area contributed by atoms with Crippen molar-refractivity contribution in [1.29, 1.82) is 0 Å². The first kappa shape index (κ1) is 27.1. The Labute approximate surface area is 213 Å². The van der Waals surface area contributed by atoms with Crippen LogP contribution in [0.25, 0.3) is 10.8 Å². The SMILES string of the molecule is Cc1ccc(C(=O)CC(CC(C)(C)C(=O)OCOC(=O)C(C)(C)C)c2ccc3ccccc3c2)cc1. The highest BCUT2D eigenvalue weighted by atomic mass is 16.7. The molecule has 0 heterocycles. The van der Waals surface area contributed by atoms with Gasteiger partial charge in [0.25, 0.3) is 0 Å². The van der Waals surface area contributed by atoms with Gasteiger partial charge in [-0.15, -0.1) is 0 Å². The van der Waals surface area contributed by atoms with E-state index in [1.807, 2.05) is 67.6 Å². The molecule has 0 amide bonds. The number of Topliss-reactive ketones (excluding diaryl/α,β-unsaturated/α-hetero) is 1. The van der Waals surface area contributed by atoms with Crippen molar-refractivity contribution in [2.75, 3.05) is 6.79 Å². The molecule has 0 spiro atoms. The molecule has 3 aromatic rings. The van der Waals surface area contributed by atoms with E-state index in [0.717, 1.165) is 21.9 Å². The molecule has 1 unspecified atom stereocenters. The van der Waals surface area contributed by atoms with Crippen LogP contribution >= 0.6 is 0 Å². The molecule has 3 aromatic carbocycles. The van der Waals surface area contributed by atoms with E-state index in [0.29, 0.717) is 12.0 Å². The molecule has 5 heteroatoms. The molecule has 0 aromatic heterocycles. The molecule has 0 saturated carbocycles. The number of hydrogen-bond donors (Lipinski definition) is 0. The summed E-state index contributed by atoms with van der Waals surface area (Å²) in [5.41, 5.74) is 1.15. The first-order valence-electron chi connectivity index (χ1n) is 12.3. The van der Waals surface area contributed by atoms with Crippen molar-refractivity contribution in [3.8, 4) is 0 Å². The summed E-state index contributed by atoms with van der Waals surface area (Å²) >= 11 is 0. The number of benzene rings is 3. The van der Waals surface area contributed by atoms with Gasteiger partial charge in [0.1, 0.15) is 0 Å². The number of fused-ring (bicyclic) bond motifs is 1. The minimum Gasteiger partial charge on any atom is -0.427 e. The smallest absolute Gasteiger partial charge is 0.314 e. The Morgan fingerprint density at radius 2 is 1.39 bits per heavy atom. The fraction of sp³-hybridized carbons (Fsp3) is 0.387. The van der Waals surface area contributed by atoms with Gasteiger partial charge >= 0.3 is 11.9 Å². The summed E-state index contributed by atoms with van der Waals surface area (Å²) < 4.78 is 10.4. The van der Waals surface area contributed by atoms with E-state index in [2.05, 4.69) is 6.07 Å². The molecule has 0 saturated heterocycles. The number of rotatable bonds is 9. The van der Waals surface area contributed by atoms with Gasteiger partial charge in [-0.1, -0.05) is 72.3 Å². The number of carbonyl (C=O) groups excluding carboxylic acids is 3. The largest absolute Gasteiger partial charge is 0.427 e. The second-order valence-electron chi connectivity index (χ2n) is 11.1. The van der Waals surface area contributed by atoms with Crippen molar-refractivity contribution in [3.63, 3.8) is 0 Å². The van der Waals surface area contributed by atoms with Crippen LogP contribution < -0.4 is 0 Å². The monoisotopic (exact) mass is 488 g/mol. The maximum Gasteiger partial charge on any atom is 0.314 e. The minimum absolute atomic E-state index is 0.0245. The molecule has 0 radical (unpaired) electrons. The van der Waals surface area contributed by atoms with Gasteiger partial charge in [-0.25, -0.2) is 0 Å². The third-order valence-corrected chi connectivity index (χ3v) is 6.35. The van der Waals surface area contributed by atoms with Crippen molar-refractivity contribution in [2.24, 2.45) is 10.8 Å². The Balaban J connectivity index is 1.81. The third kappa shape index (κ3) is 7.03. The van der Waals surface area contributed by atoms with Crippen LogP contribution in [0.5, 0.6) is 0 Å². The van der Waals surface area contributed by atoms with E-state index in [9.17, 15) is 14.4 Å². The highest BCUT2D eigenvalue weighted by Gasteiger charge is 2.35. The second-order valence-corrected chi connectivity index (χ2v) is 11.1. The quantitative estimate of drug-likeness (QED) is 0.184. The molecule has 0 aliphatic carbocycles.